The van der Waals surface area contributed by atoms with E-state index in [0.29, 0.717) is 23.3 Å². The van der Waals surface area contributed by atoms with Gasteiger partial charge in [-0.15, -0.1) is 0 Å². The Kier molecular flexibility index (Phi) is 2.83. The number of benzene rings is 1. The number of rotatable bonds is 3. The fourth-order valence-electron chi connectivity index (χ4n) is 2.05. The molecule has 0 radical (unpaired) electrons. The van der Waals surface area contributed by atoms with Gasteiger partial charge in [-0.2, -0.15) is 0 Å². The Balaban J connectivity index is 1.99. The van der Waals surface area contributed by atoms with Gasteiger partial charge in [0.1, 0.15) is 5.76 Å². The van der Waals surface area contributed by atoms with Crippen LogP contribution in [0.2, 0.25) is 0 Å². The summed E-state index contributed by atoms with van der Waals surface area (Å²) in [4.78, 5) is 35.0. The van der Waals surface area contributed by atoms with Crippen molar-refractivity contribution in [3.8, 4) is 11.3 Å². The fourth-order valence-corrected chi connectivity index (χ4v) is 2.05. The number of carbonyl (C=O) groups is 3. The zero-order valence-electron chi connectivity index (χ0n) is 10.3. The zero-order valence-corrected chi connectivity index (χ0v) is 10.3. The van der Waals surface area contributed by atoms with E-state index >= 15 is 0 Å². The number of urea groups is 1. The van der Waals surface area contributed by atoms with Gasteiger partial charge < -0.3 is 9.73 Å². The molecule has 1 aliphatic rings. The topological polar surface area (TPSA) is 79.6 Å². The highest BCUT2D eigenvalue weighted by Gasteiger charge is 2.30. The summed E-state index contributed by atoms with van der Waals surface area (Å²) >= 11 is 0. The summed E-state index contributed by atoms with van der Waals surface area (Å²) in [5.41, 5.74) is 1.15. The molecule has 3 amide bonds. The van der Waals surface area contributed by atoms with Crippen molar-refractivity contribution in [2.45, 2.75) is 0 Å². The van der Waals surface area contributed by atoms with Gasteiger partial charge in [0.2, 0.25) is 0 Å². The minimum absolute atomic E-state index is 0.000890. The minimum Gasteiger partial charge on any atom is -0.453 e. The van der Waals surface area contributed by atoms with E-state index in [1.54, 1.807) is 36.4 Å². The van der Waals surface area contributed by atoms with Crippen molar-refractivity contribution < 1.29 is 18.8 Å². The van der Waals surface area contributed by atoms with Crippen molar-refractivity contribution in [2.24, 2.45) is 0 Å². The van der Waals surface area contributed by atoms with Crippen molar-refractivity contribution in [3.63, 3.8) is 0 Å². The Morgan fingerprint density at radius 1 is 1.20 bits per heavy atom. The van der Waals surface area contributed by atoms with Crippen molar-refractivity contribution >= 4 is 23.9 Å². The van der Waals surface area contributed by atoms with Gasteiger partial charge in [-0.05, 0) is 24.3 Å². The highest BCUT2D eigenvalue weighted by molar-refractivity contribution is 6.19. The number of furan rings is 1. The third kappa shape index (κ3) is 1.97. The molecule has 2 aromatic rings. The lowest BCUT2D eigenvalue weighted by atomic mass is 10.1. The first-order valence-corrected chi connectivity index (χ1v) is 5.95. The number of hydrogen-bond acceptors (Lipinski definition) is 4. The van der Waals surface area contributed by atoms with E-state index in [2.05, 4.69) is 5.32 Å². The quantitative estimate of drug-likeness (QED) is 0.681. The number of imide groups is 1. The molecule has 6 nitrogen and oxygen atoms in total. The standard InChI is InChI=1S/C14H10N2O4/c17-8-11-4-5-12(20-11)9-2-1-3-10(6-9)16-13(18)7-15-14(16)19/h1-6,8H,7H2,(H,15,19). The van der Waals surface area contributed by atoms with E-state index in [-0.39, 0.29) is 18.2 Å². The molecule has 100 valence electrons. The largest absolute Gasteiger partial charge is 0.453 e. The smallest absolute Gasteiger partial charge is 0.329 e. The first-order chi connectivity index (χ1) is 9.69. The van der Waals surface area contributed by atoms with Crippen molar-refractivity contribution in [3.05, 3.63) is 42.2 Å². The number of nitrogens with zero attached hydrogens (tertiary/aromatic N) is 1. The van der Waals surface area contributed by atoms with Crippen LogP contribution in [0.1, 0.15) is 10.6 Å². The van der Waals surface area contributed by atoms with Gasteiger partial charge in [-0.25, -0.2) is 9.69 Å². The van der Waals surface area contributed by atoms with Gasteiger partial charge in [-0.1, -0.05) is 12.1 Å². The Morgan fingerprint density at radius 3 is 2.70 bits per heavy atom. The second-order valence-electron chi connectivity index (χ2n) is 4.26. The van der Waals surface area contributed by atoms with Crippen LogP contribution in [0.5, 0.6) is 0 Å². The molecular weight excluding hydrogens is 260 g/mol. The average molecular weight is 270 g/mol. The summed E-state index contributed by atoms with van der Waals surface area (Å²) in [7, 11) is 0. The molecule has 0 unspecified atom stereocenters. The lowest BCUT2D eigenvalue weighted by molar-refractivity contribution is -0.115. The van der Waals surface area contributed by atoms with Gasteiger partial charge in [0.25, 0.3) is 5.91 Å². The van der Waals surface area contributed by atoms with E-state index in [1.165, 1.54) is 0 Å². The highest BCUT2D eigenvalue weighted by atomic mass is 16.3. The number of anilines is 1. The van der Waals surface area contributed by atoms with Crippen molar-refractivity contribution in [2.75, 3.05) is 11.4 Å². The molecule has 0 atom stereocenters. The van der Waals surface area contributed by atoms with Crippen molar-refractivity contribution in [1.29, 1.82) is 0 Å². The van der Waals surface area contributed by atoms with Crippen LogP contribution in [0.3, 0.4) is 0 Å². The zero-order chi connectivity index (χ0) is 14.1. The van der Waals surface area contributed by atoms with Crippen LogP contribution in [-0.4, -0.2) is 24.8 Å². The Bertz CT molecular complexity index is 689. The van der Waals surface area contributed by atoms with Crippen LogP contribution in [0.25, 0.3) is 11.3 Å². The molecule has 20 heavy (non-hydrogen) atoms. The summed E-state index contributed by atoms with van der Waals surface area (Å²) in [6, 6.07) is 9.59. The highest BCUT2D eigenvalue weighted by Crippen LogP contribution is 2.27. The maximum atomic E-state index is 11.7. The predicted molar refractivity (Wildman–Crippen MR) is 70.4 cm³/mol. The van der Waals surface area contributed by atoms with E-state index < -0.39 is 6.03 Å². The van der Waals surface area contributed by atoms with Gasteiger partial charge in [-0.3, -0.25) is 9.59 Å². The SMILES string of the molecule is O=Cc1ccc(-c2cccc(N3C(=O)CNC3=O)c2)o1. The average Bonchev–Trinajstić information content (AvgIpc) is 3.06. The molecule has 6 heteroatoms. The van der Waals surface area contributed by atoms with Crippen LogP contribution in [0.15, 0.2) is 40.8 Å². The van der Waals surface area contributed by atoms with Crippen LogP contribution in [0.4, 0.5) is 10.5 Å². The normalized spacial score (nSPS) is 14.5. The summed E-state index contributed by atoms with van der Waals surface area (Å²) in [6.45, 7) is -0.000890. The summed E-state index contributed by atoms with van der Waals surface area (Å²) in [6.07, 6.45) is 0.616. The number of amides is 3. The summed E-state index contributed by atoms with van der Waals surface area (Å²) < 4.78 is 5.32. The molecule has 1 aromatic heterocycles. The molecule has 1 saturated heterocycles. The predicted octanol–water partition coefficient (Wildman–Crippen LogP) is 1.82. The number of hydrogen-bond donors (Lipinski definition) is 1. The molecule has 0 spiro atoms. The van der Waals surface area contributed by atoms with Gasteiger partial charge >= 0.3 is 6.03 Å². The summed E-state index contributed by atoms with van der Waals surface area (Å²) in [5, 5.41) is 2.46. The van der Waals surface area contributed by atoms with Gasteiger partial charge in [0.15, 0.2) is 12.0 Å². The van der Waals surface area contributed by atoms with Gasteiger partial charge in [0, 0.05) is 5.56 Å². The molecule has 0 bridgehead atoms. The van der Waals surface area contributed by atoms with E-state index in [4.69, 9.17) is 4.42 Å². The van der Waals surface area contributed by atoms with Crippen LogP contribution < -0.4 is 10.2 Å². The molecule has 1 N–H and O–H groups in total. The van der Waals surface area contributed by atoms with Crippen LogP contribution in [-0.2, 0) is 4.79 Å². The number of aldehydes is 1. The molecule has 3 rings (SSSR count). The van der Waals surface area contributed by atoms with E-state index in [9.17, 15) is 14.4 Å². The van der Waals surface area contributed by atoms with Crippen molar-refractivity contribution in [1.82, 2.24) is 5.32 Å². The lowest BCUT2D eigenvalue weighted by Gasteiger charge is -2.12. The molecular formula is C14H10N2O4. The maximum absolute atomic E-state index is 11.7. The van der Waals surface area contributed by atoms with E-state index in [0.717, 1.165) is 4.90 Å². The van der Waals surface area contributed by atoms with Crippen LogP contribution in [0, 0.1) is 0 Å². The number of nitrogens with one attached hydrogen (secondary N) is 1. The maximum Gasteiger partial charge on any atom is 0.329 e. The second kappa shape index (κ2) is 4.65. The van der Waals surface area contributed by atoms with Crippen LogP contribution >= 0.6 is 0 Å². The monoisotopic (exact) mass is 270 g/mol. The molecule has 1 fully saturated rings. The Morgan fingerprint density at radius 2 is 2.05 bits per heavy atom. The van der Waals surface area contributed by atoms with Gasteiger partial charge in [0.05, 0.1) is 12.2 Å². The summed E-state index contributed by atoms with van der Waals surface area (Å²) in [5.74, 6) is 0.418. The number of carbonyl (C=O) groups excluding carboxylic acids is 3. The molecule has 0 aliphatic carbocycles. The fraction of sp³-hybridized carbons (Fsp3) is 0.0714. The second-order valence-corrected chi connectivity index (χ2v) is 4.26. The molecule has 1 aromatic carbocycles. The third-order valence-electron chi connectivity index (χ3n) is 2.98. The molecule has 1 aliphatic heterocycles. The molecule has 2 heterocycles. The first kappa shape index (κ1) is 12.2. The Hall–Kier alpha value is -2.89. The minimum atomic E-state index is -0.444. The Labute approximate surface area is 114 Å². The molecule has 0 saturated carbocycles. The first-order valence-electron chi connectivity index (χ1n) is 5.95. The van der Waals surface area contributed by atoms with E-state index in [1.807, 2.05) is 0 Å². The third-order valence-corrected chi connectivity index (χ3v) is 2.98. The lowest BCUT2D eigenvalue weighted by Crippen LogP contribution is -2.30.